The van der Waals surface area contributed by atoms with Gasteiger partial charge in [-0.15, -0.1) is 0 Å². The van der Waals surface area contributed by atoms with Gasteiger partial charge in [-0.05, 0) is 73.3 Å². The van der Waals surface area contributed by atoms with Crippen molar-refractivity contribution in [1.29, 1.82) is 0 Å². The fraction of sp³-hybridized carbons (Fsp3) is 0.267. The second kappa shape index (κ2) is 12.3. The number of pyridine rings is 1. The molecule has 2 aromatic carbocycles. The molecule has 0 aliphatic carbocycles. The number of nitrogens with zero attached hydrogens (tertiary/aromatic N) is 4. The first-order valence-electron chi connectivity index (χ1n) is 13.3. The number of aromatic nitrogens is 3. The van der Waals surface area contributed by atoms with E-state index in [1.165, 1.54) is 18.3 Å². The number of benzene rings is 2. The van der Waals surface area contributed by atoms with Crippen molar-refractivity contribution >= 4 is 17.7 Å². The molecule has 0 spiro atoms. The summed E-state index contributed by atoms with van der Waals surface area (Å²) in [7, 11) is 0. The Morgan fingerprint density at radius 1 is 1.07 bits per heavy atom. The molecule has 1 aliphatic rings. The lowest BCUT2D eigenvalue weighted by atomic mass is 10.0. The van der Waals surface area contributed by atoms with Gasteiger partial charge in [0.1, 0.15) is 5.69 Å². The standard InChI is InChI=1S/C30H30F2N6O3/c1-19-15-38(18-34-19)26-12-20(16-37-10-2-3-24(17-37)36-30(40)41)11-25(14-26)35-29(39)27-13-23(8-9-33-27)21-4-6-22(7-5-21)28(31)32/h4-9,11-15,18,24,28,36H,2-3,10,16-17H2,1H3,(H,35,39)(H,40,41)/t24-/m0/s1. The van der Waals surface area contributed by atoms with Gasteiger partial charge >= 0.3 is 6.09 Å². The molecule has 0 saturated carbocycles. The van der Waals surface area contributed by atoms with E-state index in [1.807, 2.05) is 35.9 Å². The van der Waals surface area contributed by atoms with Crippen LogP contribution in [-0.4, -0.2) is 55.7 Å². The van der Waals surface area contributed by atoms with E-state index in [1.54, 1.807) is 30.6 Å². The quantitative estimate of drug-likeness (QED) is 0.256. The van der Waals surface area contributed by atoms with Gasteiger partial charge in [-0.25, -0.2) is 18.6 Å². The third-order valence-corrected chi connectivity index (χ3v) is 6.97. The lowest BCUT2D eigenvalue weighted by Gasteiger charge is -2.32. The summed E-state index contributed by atoms with van der Waals surface area (Å²) in [4.78, 5) is 35.1. The molecule has 1 fully saturated rings. The van der Waals surface area contributed by atoms with Crippen LogP contribution in [0, 0.1) is 6.92 Å². The highest BCUT2D eigenvalue weighted by Gasteiger charge is 2.22. The van der Waals surface area contributed by atoms with Crippen LogP contribution in [0.15, 0.2) is 73.3 Å². The molecule has 5 rings (SSSR count). The minimum atomic E-state index is -2.55. The number of aryl methyl sites for hydroxylation is 1. The van der Waals surface area contributed by atoms with Gasteiger partial charge in [0.2, 0.25) is 0 Å². The maximum atomic E-state index is 13.3. The summed E-state index contributed by atoms with van der Waals surface area (Å²) in [6.45, 7) is 3.90. The molecule has 3 heterocycles. The van der Waals surface area contributed by atoms with Crippen LogP contribution in [-0.2, 0) is 6.54 Å². The number of carbonyl (C=O) groups excluding carboxylic acids is 1. The smallest absolute Gasteiger partial charge is 0.404 e. The van der Waals surface area contributed by atoms with Crippen LogP contribution in [0.1, 0.15) is 46.6 Å². The van der Waals surface area contributed by atoms with Crippen LogP contribution in [0.25, 0.3) is 16.8 Å². The van der Waals surface area contributed by atoms with E-state index >= 15 is 0 Å². The molecule has 0 radical (unpaired) electrons. The third-order valence-electron chi connectivity index (χ3n) is 6.97. The first-order valence-corrected chi connectivity index (χ1v) is 13.3. The highest BCUT2D eigenvalue weighted by Crippen LogP contribution is 2.26. The Kier molecular flexibility index (Phi) is 8.34. The maximum Gasteiger partial charge on any atom is 0.404 e. The van der Waals surface area contributed by atoms with E-state index in [-0.39, 0.29) is 17.3 Å². The molecule has 1 aliphatic heterocycles. The van der Waals surface area contributed by atoms with Crippen molar-refractivity contribution in [2.24, 2.45) is 0 Å². The van der Waals surface area contributed by atoms with Gasteiger partial charge in [0.05, 0.1) is 12.0 Å². The van der Waals surface area contributed by atoms with E-state index in [0.29, 0.717) is 29.9 Å². The number of carboxylic acid groups (broad SMARTS) is 1. The first-order chi connectivity index (χ1) is 19.7. The lowest BCUT2D eigenvalue weighted by molar-refractivity contribution is 0.102. The zero-order chi connectivity index (χ0) is 28.9. The van der Waals surface area contributed by atoms with Crippen molar-refractivity contribution < 1.29 is 23.5 Å². The van der Waals surface area contributed by atoms with Gasteiger partial charge in [0.15, 0.2) is 0 Å². The molecule has 2 amide bonds. The number of halogens is 2. The number of hydrogen-bond acceptors (Lipinski definition) is 5. The van der Waals surface area contributed by atoms with Crippen molar-refractivity contribution in [1.82, 2.24) is 24.8 Å². The molecule has 41 heavy (non-hydrogen) atoms. The molecule has 212 valence electrons. The first kappa shape index (κ1) is 27.9. The van der Waals surface area contributed by atoms with Crippen LogP contribution < -0.4 is 10.6 Å². The van der Waals surface area contributed by atoms with E-state index < -0.39 is 18.4 Å². The average Bonchev–Trinajstić information content (AvgIpc) is 3.39. The summed E-state index contributed by atoms with van der Waals surface area (Å²) >= 11 is 0. The van der Waals surface area contributed by atoms with Crippen molar-refractivity contribution in [3.8, 4) is 16.8 Å². The largest absolute Gasteiger partial charge is 0.465 e. The predicted octanol–water partition coefficient (Wildman–Crippen LogP) is 5.66. The normalized spacial score (nSPS) is 15.6. The SMILES string of the molecule is Cc1cn(-c2cc(CN3CCC[C@H](NC(=O)O)C3)cc(NC(=O)c3cc(-c4ccc(C(F)F)cc4)ccn3)c2)cn1. The number of alkyl halides is 2. The topological polar surface area (TPSA) is 112 Å². The Labute approximate surface area is 235 Å². The summed E-state index contributed by atoms with van der Waals surface area (Å²) in [5, 5.41) is 14.7. The summed E-state index contributed by atoms with van der Waals surface area (Å²) < 4.78 is 27.8. The van der Waals surface area contributed by atoms with E-state index in [4.69, 9.17) is 5.11 Å². The van der Waals surface area contributed by atoms with Crippen LogP contribution in [0.5, 0.6) is 0 Å². The van der Waals surface area contributed by atoms with Crippen molar-refractivity contribution in [2.45, 2.75) is 38.8 Å². The molecule has 11 heteroatoms. The fourth-order valence-corrected chi connectivity index (χ4v) is 5.05. The number of amides is 2. The minimum absolute atomic E-state index is 0.0669. The zero-order valence-electron chi connectivity index (χ0n) is 22.4. The van der Waals surface area contributed by atoms with Gasteiger partial charge in [-0.3, -0.25) is 14.7 Å². The highest BCUT2D eigenvalue weighted by atomic mass is 19.3. The Morgan fingerprint density at radius 2 is 1.88 bits per heavy atom. The second-order valence-corrected chi connectivity index (χ2v) is 10.1. The van der Waals surface area contributed by atoms with E-state index in [2.05, 4.69) is 25.5 Å². The highest BCUT2D eigenvalue weighted by molar-refractivity contribution is 6.03. The Bertz CT molecular complexity index is 1540. The Hall–Kier alpha value is -4.64. The fourth-order valence-electron chi connectivity index (χ4n) is 5.05. The molecule has 0 unspecified atom stereocenters. The molecule has 9 nitrogen and oxygen atoms in total. The maximum absolute atomic E-state index is 13.3. The second-order valence-electron chi connectivity index (χ2n) is 10.1. The summed E-state index contributed by atoms with van der Waals surface area (Å²) in [5.41, 5.74) is 4.68. The lowest BCUT2D eigenvalue weighted by Crippen LogP contribution is -2.46. The van der Waals surface area contributed by atoms with Crippen molar-refractivity contribution in [3.63, 3.8) is 0 Å². The summed E-state index contributed by atoms with van der Waals surface area (Å²) in [5.74, 6) is -0.412. The third kappa shape index (κ3) is 7.12. The molecule has 1 saturated heterocycles. The van der Waals surface area contributed by atoms with Crippen LogP contribution >= 0.6 is 0 Å². The number of piperidine rings is 1. The molecule has 0 bridgehead atoms. The number of carbonyl (C=O) groups is 2. The Morgan fingerprint density at radius 3 is 2.59 bits per heavy atom. The zero-order valence-corrected chi connectivity index (χ0v) is 22.4. The number of nitrogens with one attached hydrogen (secondary N) is 2. The molecule has 2 aromatic heterocycles. The van der Waals surface area contributed by atoms with E-state index in [9.17, 15) is 18.4 Å². The van der Waals surface area contributed by atoms with Crippen molar-refractivity contribution in [2.75, 3.05) is 18.4 Å². The molecule has 4 aromatic rings. The van der Waals surface area contributed by atoms with Gasteiger partial charge in [-0.2, -0.15) is 0 Å². The van der Waals surface area contributed by atoms with Crippen LogP contribution in [0.4, 0.5) is 19.3 Å². The van der Waals surface area contributed by atoms with Crippen LogP contribution in [0.2, 0.25) is 0 Å². The summed E-state index contributed by atoms with van der Waals surface area (Å²) in [6.07, 6.45) is 3.21. The van der Waals surface area contributed by atoms with Crippen molar-refractivity contribution in [3.05, 3.63) is 95.8 Å². The number of hydrogen-bond donors (Lipinski definition) is 3. The molecule has 1 atom stereocenters. The average molecular weight is 561 g/mol. The molecular formula is C30H30F2N6O3. The van der Waals surface area contributed by atoms with E-state index in [0.717, 1.165) is 36.3 Å². The molecular weight excluding hydrogens is 530 g/mol. The summed E-state index contributed by atoms with van der Waals surface area (Å²) in [6, 6.07) is 14.9. The number of likely N-dealkylation sites (tertiary alicyclic amines) is 1. The van der Waals surface area contributed by atoms with Gasteiger partial charge in [-0.1, -0.05) is 24.3 Å². The molecule has 3 N–H and O–H groups in total. The van der Waals surface area contributed by atoms with Gasteiger partial charge in [0, 0.05) is 48.5 Å². The minimum Gasteiger partial charge on any atom is -0.465 e. The Balaban J connectivity index is 1.37. The van der Waals surface area contributed by atoms with Gasteiger partial charge < -0.3 is 20.3 Å². The number of rotatable bonds is 8. The monoisotopic (exact) mass is 560 g/mol. The van der Waals surface area contributed by atoms with Crippen LogP contribution in [0.3, 0.4) is 0 Å². The number of imidazole rings is 1. The predicted molar refractivity (Wildman–Crippen MR) is 150 cm³/mol. The van der Waals surface area contributed by atoms with Gasteiger partial charge in [0.25, 0.3) is 12.3 Å². The number of anilines is 1.